The summed E-state index contributed by atoms with van der Waals surface area (Å²) in [7, 11) is 0. The Labute approximate surface area is 454 Å². The predicted molar refractivity (Wildman–Crippen MR) is 316 cm³/mol. The van der Waals surface area contributed by atoms with E-state index in [2.05, 4.69) is 301 Å². The van der Waals surface area contributed by atoms with Gasteiger partial charge in [0.2, 0.25) is 0 Å². The maximum atomic E-state index is 6.74. The quantitative estimate of drug-likeness (QED) is 0.172. The van der Waals surface area contributed by atoms with Crippen molar-refractivity contribution in [2.75, 3.05) is 9.80 Å². The molecule has 4 heterocycles. The van der Waals surface area contributed by atoms with Crippen LogP contribution in [0.5, 0.6) is 23.0 Å². The molecule has 4 aliphatic heterocycles. The number of hydrogen-bond acceptors (Lipinski definition) is 4. The van der Waals surface area contributed by atoms with Gasteiger partial charge in [-0.25, -0.2) is 0 Å². The van der Waals surface area contributed by atoms with E-state index in [0.29, 0.717) is 0 Å². The second-order valence-electron chi connectivity index (χ2n) is 20.7. The molecule has 0 unspecified atom stereocenters. The minimum atomic E-state index is -0.652. The van der Waals surface area contributed by atoms with E-state index in [0.717, 1.165) is 90.5 Å². The van der Waals surface area contributed by atoms with Crippen LogP contribution in [0.3, 0.4) is 0 Å². The molecule has 12 aromatic carbocycles. The Morgan fingerprint density at radius 1 is 0.205 bits per heavy atom. The zero-order chi connectivity index (χ0) is 51.4. The largest absolute Gasteiger partial charge is 0.457 e. The van der Waals surface area contributed by atoms with E-state index in [-0.39, 0.29) is 0 Å². The van der Waals surface area contributed by atoms with E-state index in [1.807, 2.05) is 0 Å². The molecule has 4 nitrogen and oxygen atoms in total. The third-order valence-corrected chi connectivity index (χ3v) is 16.8. The van der Waals surface area contributed by atoms with Crippen LogP contribution in [0.15, 0.2) is 291 Å². The summed E-state index contributed by atoms with van der Waals surface area (Å²) in [4.78, 5) is 4.91. The Bertz CT molecular complexity index is 3970. The van der Waals surface area contributed by atoms with Gasteiger partial charge >= 0.3 is 0 Å². The summed E-state index contributed by atoms with van der Waals surface area (Å²) < 4.78 is 13.5. The molecule has 16 rings (SSSR count). The van der Waals surface area contributed by atoms with Gasteiger partial charge in [0.1, 0.15) is 23.0 Å². The molecular weight excluding hydrogens is 949 g/mol. The summed E-state index contributed by atoms with van der Waals surface area (Å²) >= 11 is 0. The maximum absolute atomic E-state index is 6.74. The number of hydrogen-bond donors (Lipinski definition) is 0. The van der Waals surface area contributed by atoms with E-state index in [9.17, 15) is 0 Å². The van der Waals surface area contributed by atoms with Crippen molar-refractivity contribution < 1.29 is 9.47 Å². The molecule has 0 aromatic heterocycles. The molecule has 4 heteroatoms. The monoisotopic (exact) mass is 996 g/mol. The van der Waals surface area contributed by atoms with Crippen LogP contribution in [0.1, 0.15) is 44.5 Å². The standard InChI is InChI=1S/C74H48N2O2/c1-3-19-49(20-4-1)53-39-45-67-63(47-53)73(59-25-9-15-31-69(59)77-70-32-16-10-26-60(70)73)57-23-7-13-29-65(57)75(67)55-41-35-51(36-42-55)52-37-43-56(44-38-52)76-66-30-14-8-24-58(66)74(64-48-54(40-46-68(64)76)50-21-5-2-6-22-50)61-27-11-17-33-71(61)78-72-34-18-12-28-62(72)74/h1-48H. The Morgan fingerprint density at radius 3 is 0.833 bits per heavy atom. The second-order valence-corrected chi connectivity index (χ2v) is 20.7. The van der Waals surface area contributed by atoms with Gasteiger partial charge in [0.05, 0.1) is 33.6 Å². The normalized spacial score (nSPS) is 14.3. The summed E-state index contributed by atoms with van der Waals surface area (Å²) in [6, 6.07) is 106. The van der Waals surface area contributed by atoms with E-state index in [4.69, 9.17) is 9.47 Å². The molecule has 0 N–H and O–H groups in total. The third kappa shape index (κ3) is 6.29. The Balaban J connectivity index is 0.818. The lowest BCUT2D eigenvalue weighted by Gasteiger charge is -2.48. The molecule has 0 saturated heterocycles. The fourth-order valence-corrected chi connectivity index (χ4v) is 13.5. The van der Waals surface area contributed by atoms with Crippen molar-refractivity contribution in [1.29, 1.82) is 0 Å². The zero-order valence-electron chi connectivity index (χ0n) is 42.4. The number of fused-ring (bicyclic) bond motifs is 16. The fraction of sp³-hybridized carbons (Fsp3) is 0.0270. The molecule has 366 valence electrons. The molecule has 12 aromatic rings. The number of anilines is 6. The Hall–Kier alpha value is -10.2. The van der Waals surface area contributed by atoms with Crippen LogP contribution in [0.2, 0.25) is 0 Å². The van der Waals surface area contributed by atoms with Crippen molar-refractivity contribution in [2.45, 2.75) is 10.8 Å². The lowest BCUT2D eigenvalue weighted by atomic mass is 9.61. The van der Waals surface area contributed by atoms with Crippen molar-refractivity contribution in [3.8, 4) is 56.4 Å². The van der Waals surface area contributed by atoms with Gasteiger partial charge in [0.25, 0.3) is 0 Å². The van der Waals surface area contributed by atoms with Crippen LogP contribution in [0, 0.1) is 0 Å². The third-order valence-electron chi connectivity index (χ3n) is 16.8. The minimum Gasteiger partial charge on any atom is -0.457 e. The Kier molecular flexibility index (Phi) is 9.73. The summed E-state index contributed by atoms with van der Waals surface area (Å²) in [5, 5.41) is 0. The van der Waals surface area contributed by atoms with Crippen molar-refractivity contribution >= 4 is 34.1 Å². The molecule has 0 fully saturated rings. The predicted octanol–water partition coefficient (Wildman–Crippen LogP) is 19.2. The van der Waals surface area contributed by atoms with Gasteiger partial charge in [-0.15, -0.1) is 0 Å². The first-order chi connectivity index (χ1) is 38.7. The zero-order valence-corrected chi connectivity index (χ0v) is 42.4. The maximum Gasteiger partial charge on any atom is 0.132 e. The van der Waals surface area contributed by atoms with Crippen molar-refractivity contribution in [2.24, 2.45) is 0 Å². The van der Waals surface area contributed by atoms with Crippen molar-refractivity contribution in [3.05, 3.63) is 336 Å². The lowest BCUT2D eigenvalue weighted by Crippen LogP contribution is -2.39. The molecule has 0 aliphatic carbocycles. The highest BCUT2D eigenvalue weighted by Gasteiger charge is 2.53. The summed E-state index contributed by atoms with van der Waals surface area (Å²) in [5.74, 6) is 3.49. The van der Waals surface area contributed by atoms with E-state index in [1.54, 1.807) is 0 Å². The molecule has 4 aliphatic rings. The van der Waals surface area contributed by atoms with Gasteiger partial charge in [-0.05, 0) is 141 Å². The minimum absolute atomic E-state index is 0.652. The topological polar surface area (TPSA) is 24.9 Å². The average Bonchev–Trinajstić information content (AvgIpc) is 2.76. The lowest BCUT2D eigenvalue weighted by molar-refractivity contribution is 0.434. The van der Waals surface area contributed by atoms with Crippen LogP contribution >= 0.6 is 0 Å². The highest BCUT2D eigenvalue weighted by atomic mass is 16.5. The van der Waals surface area contributed by atoms with Crippen molar-refractivity contribution in [1.82, 2.24) is 0 Å². The number of ether oxygens (including phenoxy) is 2. The van der Waals surface area contributed by atoms with Crippen LogP contribution < -0.4 is 19.3 Å². The van der Waals surface area contributed by atoms with E-state index >= 15 is 0 Å². The van der Waals surface area contributed by atoms with Crippen molar-refractivity contribution in [3.63, 3.8) is 0 Å². The van der Waals surface area contributed by atoms with Gasteiger partial charge in [-0.2, -0.15) is 0 Å². The molecular formula is C74H48N2O2. The van der Waals surface area contributed by atoms with Gasteiger partial charge in [0.15, 0.2) is 0 Å². The molecule has 0 saturated carbocycles. The fourth-order valence-electron chi connectivity index (χ4n) is 13.5. The number of benzene rings is 12. The van der Waals surface area contributed by atoms with Gasteiger partial charge in [0, 0.05) is 33.6 Å². The molecule has 0 atom stereocenters. The van der Waals surface area contributed by atoms with Crippen LogP contribution in [-0.2, 0) is 10.8 Å². The highest BCUT2D eigenvalue weighted by molar-refractivity contribution is 5.95. The SMILES string of the molecule is c1ccc(-c2ccc3c(c2)C2(c4ccccc4Oc4ccccc42)c2ccccc2N3c2ccc(-c3ccc(N4c5ccccc5C5(c6ccccc6Oc6ccccc65)c5cc(-c6ccccc6)ccc54)cc3)cc2)cc1. The average molecular weight is 997 g/mol. The van der Waals surface area contributed by atoms with E-state index < -0.39 is 10.8 Å². The first-order valence-corrected chi connectivity index (χ1v) is 26.8. The molecule has 78 heavy (non-hydrogen) atoms. The van der Waals surface area contributed by atoms with E-state index in [1.165, 1.54) is 44.5 Å². The first-order valence-electron chi connectivity index (χ1n) is 26.8. The second kappa shape index (κ2) is 17.2. The summed E-state index contributed by atoms with van der Waals surface area (Å²) in [5.41, 5.74) is 21.7. The Morgan fingerprint density at radius 2 is 0.474 bits per heavy atom. The smallest absolute Gasteiger partial charge is 0.132 e. The summed E-state index contributed by atoms with van der Waals surface area (Å²) in [6.07, 6.45) is 0. The number of para-hydroxylation sites is 6. The van der Waals surface area contributed by atoms with Crippen LogP contribution in [0.25, 0.3) is 33.4 Å². The van der Waals surface area contributed by atoms with Gasteiger partial charge < -0.3 is 19.3 Å². The van der Waals surface area contributed by atoms with Crippen LogP contribution in [-0.4, -0.2) is 0 Å². The highest BCUT2D eigenvalue weighted by Crippen LogP contribution is 2.65. The van der Waals surface area contributed by atoms with Gasteiger partial charge in [-0.3, -0.25) is 0 Å². The molecule has 0 radical (unpaired) electrons. The van der Waals surface area contributed by atoms with Crippen LogP contribution in [0.4, 0.5) is 34.1 Å². The number of nitrogens with zero attached hydrogens (tertiary/aromatic N) is 2. The molecule has 2 spiro atoms. The molecule has 0 amide bonds. The summed E-state index contributed by atoms with van der Waals surface area (Å²) in [6.45, 7) is 0. The first kappa shape index (κ1) is 44.2. The number of rotatable bonds is 5. The molecule has 0 bridgehead atoms. The van der Waals surface area contributed by atoms with Gasteiger partial charge in [-0.1, -0.05) is 206 Å².